The molecule has 12 heavy (non-hydrogen) atoms. The van der Waals surface area contributed by atoms with Crippen LogP contribution in [0.25, 0.3) is 0 Å². The number of carbonyl (C=O) groups excluding carboxylic acids is 1. The molecule has 0 unspecified atom stereocenters. The minimum atomic E-state index is -0.175. The molecule has 1 aliphatic rings. The van der Waals surface area contributed by atoms with Crippen LogP contribution in [0.3, 0.4) is 0 Å². The van der Waals surface area contributed by atoms with Crippen molar-refractivity contribution in [3.8, 4) is 0 Å². The van der Waals surface area contributed by atoms with Crippen molar-refractivity contribution in [1.82, 2.24) is 4.31 Å². The van der Waals surface area contributed by atoms with Crippen LogP contribution in [0.2, 0.25) is 0 Å². The summed E-state index contributed by atoms with van der Waals surface area (Å²) in [4.78, 5) is 10.8. The second kappa shape index (κ2) is 5.40. The topological polar surface area (TPSA) is 38.8 Å². The molecule has 0 spiro atoms. The molecule has 0 aromatic carbocycles. The van der Waals surface area contributed by atoms with E-state index < -0.39 is 0 Å². The SMILES string of the molecule is CCC(=O)OSN1CCOCC1. The van der Waals surface area contributed by atoms with Crippen LogP contribution in [-0.2, 0) is 13.7 Å². The Labute approximate surface area is 76.5 Å². The van der Waals surface area contributed by atoms with E-state index in [0.29, 0.717) is 6.42 Å². The van der Waals surface area contributed by atoms with E-state index in [0.717, 1.165) is 38.5 Å². The van der Waals surface area contributed by atoms with E-state index in [4.69, 9.17) is 8.92 Å². The van der Waals surface area contributed by atoms with Crippen LogP contribution >= 0.6 is 12.2 Å². The Morgan fingerprint density at radius 3 is 2.83 bits per heavy atom. The summed E-state index contributed by atoms with van der Waals surface area (Å²) in [5, 5.41) is 0. The van der Waals surface area contributed by atoms with E-state index in [1.165, 1.54) is 0 Å². The number of morpholine rings is 1. The largest absolute Gasteiger partial charge is 0.379 e. The molecule has 0 aromatic heterocycles. The molecule has 0 amide bonds. The summed E-state index contributed by atoms with van der Waals surface area (Å²) in [5.41, 5.74) is 0. The zero-order valence-corrected chi connectivity index (χ0v) is 7.93. The average Bonchev–Trinajstić information content (AvgIpc) is 2.16. The molecule has 0 bridgehead atoms. The van der Waals surface area contributed by atoms with Crippen molar-refractivity contribution in [3.05, 3.63) is 0 Å². The van der Waals surface area contributed by atoms with E-state index in [1.54, 1.807) is 6.92 Å². The summed E-state index contributed by atoms with van der Waals surface area (Å²) in [5.74, 6) is -0.175. The molecule has 1 saturated heterocycles. The van der Waals surface area contributed by atoms with Crippen LogP contribution in [0.4, 0.5) is 0 Å². The van der Waals surface area contributed by atoms with Gasteiger partial charge < -0.3 is 8.92 Å². The normalized spacial score (nSPS) is 19.1. The molecule has 1 rings (SSSR count). The van der Waals surface area contributed by atoms with Crippen LogP contribution in [0, 0.1) is 0 Å². The highest BCUT2D eigenvalue weighted by molar-refractivity contribution is 7.92. The van der Waals surface area contributed by atoms with Crippen LogP contribution in [-0.4, -0.2) is 36.6 Å². The second-order valence-electron chi connectivity index (χ2n) is 2.42. The lowest BCUT2D eigenvalue weighted by atomic mass is 10.5. The fraction of sp³-hybridized carbons (Fsp3) is 0.857. The maximum atomic E-state index is 10.8. The highest BCUT2D eigenvalue weighted by atomic mass is 32.2. The van der Waals surface area contributed by atoms with Crippen molar-refractivity contribution in [2.75, 3.05) is 26.3 Å². The Bertz CT molecular complexity index is 148. The van der Waals surface area contributed by atoms with Gasteiger partial charge in [0, 0.05) is 19.5 Å². The summed E-state index contributed by atoms with van der Waals surface area (Å²) in [6.45, 7) is 4.86. The van der Waals surface area contributed by atoms with Gasteiger partial charge in [0.05, 0.1) is 13.2 Å². The second-order valence-corrected chi connectivity index (χ2v) is 3.26. The first-order chi connectivity index (χ1) is 5.83. The van der Waals surface area contributed by atoms with E-state index in [9.17, 15) is 4.79 Å². The van der Waals surface area contributed by atoms with Gasteiger partial charge in [0.2, 0.25) is 0 Å². The summed E-state index contributed by atoms with van der Waals surface area (Å²) in [7, 11) is 0. The maximum absolute atomic E-state index is 10.8. The molecule has 4 nitrogen and oxygen atoms in total. The molecule has 0 aliphatic carbocycles. The molecule has 70 valence electrons. The van der Waals surface area contributed by atoms with Crippen molar-refractivity contribution >= 4 is 18.2 Å². The fourth-order valence-electron chi connectivity index (χ4n) is 0.774. The number of nitrogens with zero attached hydrogens (tertiary/aromatic N) is 1. The molecule has 5 heteroatoms. The number of ether oxygens (including phenoxy) is 1. The highest BCUT2D eigenvalue weighted by Gasteiger charge is 2.13. The summed E-state index contributed by atoms with van der Waals surface area (Å²) in [6, 6.07) is 0. The van der Waals surface area contributed by atoms with Gasteiger partial charge in [-0.3, -0.25) is 4.79 Å². The maximum Gasteiger partial charge on any atom is 0.318 e. The van der Waals surface area contributed by atoms with E-state index in [2.05, 4.69) is 0 Å². The molecule has 0 N–H and O–H groups in total. The third-order valence-electron chi connectivity index (χ3n) is 1.49. The van der Waals surface area contributed by atoms with E-state index in [1.807, 2.05) is 4.31 Å². The van der Waals surface area contributed by atoms with Gasteiger partial charge in [-0.15, -0.1) is 0 Å². The molecule has 0 radical (unpaired) electrons. The smallest absolute Gasteiger partial charge is 0.318 e. The fourth-order valence-corrected chi connectivity index (χ4v) is 1.38. The van der Waals surface area contributed by atoms with Crippen molar-refractivity contribution < 1.29 is 13.7 Å². The standard InChI is InChI=1S/C7H13NO3S/c1-2-7(9)11-12-8-3-5-10-6-4-8/h2-6H2,1H3. The molecular weight excluding hydrogens is 178 g/mol. The summed E-state index contributed by atoms with van der Waals surface area (Å²) in [6.07, 6.45) is 0.428. The number of carbonyl (C=O) groups is 1. The molecule has 0 saturated carbocycles. The molecule has 0 atom stereocenters. The summed E-state index contributed by atoms with van der Waals surface area (Å²) >= 11 is 1.13. The summed E-state index contributed by atoms with van der Waals surface area (Å²) < 4.78 is 12.0. The average molecular weight is 191 g/mol. The molecule has 1 heterocycles. The number of hydrogen-bond donors (Lipinski definition) is 0. The van der Waals surface area contributed by atoms with Crippen molar-refractivity contribution in [2.24, 2.45) is 0 Å². The zero-order chi connectivity index (χ0) is 8.81. The lowest BCUT2D eigenvalue weighted by Gasteiger charge is -2.23. The Kier molecular flexibility index (Phi) is 4.42. The van der Waals surface area contributed by atoms with Crippen LogP contribution in [0.15, 0.2) is 0 Å². The molecule has 0 aromatic rings. The monoisotopic (exact) mass is 191 g/mol. The van der Waals surface area contributed by atoms with Gasteiger partial charge >= 0.3 is 5.97 Å². The molecule has 1 fully saturated rings. The Hall–Kier alpha value is -0.260. The molecular formula is C7H13NO3S. The van der Waals surface area contributed by atoms with Crippen LogP contribution in [0.5, 0.6) is 0 Å². The Balaban J connectivity index is 2.09. The quantitative estimate of drug-likeness (QED) is 0.488. The predicted octanol–water partition coefficient (Wildman–Crippen LogP) is 0.835. The van der Waals surface area contributed by atoms with Gasteiger partial charge in [-0.25, -0.2) is 4.31 Å². The first kappa shape index (κ1) is 9.83. The highest BCUT2D eigenvalue weighted by Crippen LogP contribution is 2.13. The third kappa shape index (κ3) is 3.42. The number of hydrogen-bond acceptors (Lipinski definition) is 5. The van der Waals surface area contributed by atoms with Gasteiger partial charge in [0.25, 0.3) is 0 Å². The van der Waals surface area contributed by atoms with Crippen LogP contribution in [0.1, 0.15) is 13.3 Å². The van der Waals surface area contributed by atoms with Gasteiger partial charge in [0.15, 0.2) is 12.2 Å². The van der Waals surface area contributed by atoms with Crippen molar-refractivity contribution in [3.63, 3.8) is 0 Å². The lowest BCUT2D eigenvalue weighted by molar-refractivity contribution is -0.133. The Morgan fingerprint density at radius 1 is 1.58 bits per heavy atom. The van der Waals surface area contributed by atoms with E-state index >= 15 is 0 Å². The first-order valence-electron chi connectivity index (χ1n) is 4.03. The third-order valence-corrected chi connectivity index (χ3v) is 2.33. The number of rotatable bonds is 3. The minimum Gasteiger partial charge on any atom is -0.379 e. The first-order valence-corrected chi connectivity index (χ1v) is 4.73. The van der Waals surface area contributed by atoms with Gasteiger partial charge in [0.1, 0.15) is 0 Å². The van der Waals surface area contributed by atoms with Gasteiger partial charge in [-0.1, -0.05) is 6.92 Å². The van der Waals surface area contributed by atoms with Crippen molar-refractivity contribution in [2.45, 2.75) is 13.3 Å². The van der Waals surface area contributed by atoms with Crippen molar-refractivity contribution in [1.29, 1.82) is 0 Å². The van der Waals surface area contributed by atoms with Crippen LogP contribution < -0.4 is 0 Å². The zero-order valence-electron chi connectivity index (χ0n) is 7.12. The lowest BCUT2D eigenvalue weighted by Crippen LogP contribution is -2.31. The molecule has 1 aliphatic heterocycles. The minimum absolute atomic E-state index is 0.175. The Morgan fingerprint density at radius 2 is 2.25 bits per heavy atom. The predicted molar refractivity (Wildman–Crippen MR) is 46.4 cm³/mol. The van der Waals surface area contributed by atoms with Gasteiger partial charge in [-0.2, -0.15) is 0 Å². The van der Waals surface area contributed by atoms with E-state index in [-0.39, 0.29) is 5.97 Å². The van der Waals surface area contributed by atoms with Gasteiger partial charge in [-0.05, 0) is 0 Å².